The highest BCUT2D eigenvalue weighted by Gasteiger charge is 2.42. The highest BCUT2D eigenvalue weighted by molar-refractivity contribution is 7.89. The summed E-state index contributed by atoms with van der Waals surface area (Å²) < 4.78 is 34.6. The van der Waals surface area contributed by atoms with Crippen molar-refractivity contribution in [1.82, 2.24) is 14.2 Å². The molecule has 2 heterocycles. The van der Waals surface area contributed by atoms with Gasteiger partial charge in [-0.05, 0) is 88.3 Å². The van der Waals surface area contributed by atoms with Crippen molar-refractivity contribution in [2.75, 3.05) is 45.7 Å². The summed E-state index contributed by atoms with van der Waals surface area (Å²) in [5.74, 6) is 0.371. The van der Waals surface area contributed by atoms with E-state index in [0.29, 0.717) is 36.8 Å². The number of carbonyl (C=O) groups is 1. The van der Waals surface area contributed by atoms with E-state index in [9.17, 15) is 13.2 Å². The molecule has 1 fully saturated rings. The molecule has 3 aromatic rings. The lowest BCUT2D eigenvalue weighted by molar-refractivity contribution is -0.121. The molecule has 8 nitrogen and oxygen atoms in total. The van der Waals surface area contributed by atoms with E-state index in [0.717, 1.165) is 29.6 Å². The molecule has 1 atom stereocenters. The molecule has 4 rings (SSSR count). The number of ether oxygens (including phenoxy) is 1. The molecule has 194 valence electrons. The van der Waals surface area contributed by atoms with E-state index < -0.39 is 16.1 Å². The van der Waals surface area contributed by atoms with Crippen molar-refractivity contribution in [2.45, 2.75) is 43.5 Å². The summed E-state index contributed by atoms with van der Waals surface area (Å²) >= 11 is 1.49. The SMILES string of the molecule is CCc1ccc2nc(N(CCCN(C)C)C(=O)C3CCCN3S(=O)(=O)c3ccc(OC)cc3)sc2c1. The third kappa shape index (κ3) is 5.56. The predicted octanol–water partition coefficient (Wildman–Crippen LogP) is 4.01. The maximum absolute atomic E-state index is 14.0. The number of sulfonamides is 1. The average molecular weight is 531 g/mol. The Balaban J connectivity index is 1.65. The Bertz CT molecular complexity index is 1310. The van der Waals surface area contributed by atoms with Crippen LogP contribution in [-0.2, 0) is 21.2 Å². The third-order valence-corrected chi connectivity index (χ3v) is 9.45. The number of nitrogens with zero attached hydrogens (tertiary/aromatic N) is 4. The van der Waals surface area contributed by atoms with Gasteiger partial charge in [-0.15, -0.1) is 0 Å². The summed E-state index contributed by atoms with van der Waals surface area (Å²) in [5.41, 5.74) is 2.07. The second kappa shape index (κ2) is 11.2. The first-order valence-corrected chi connectivity index (χ1v) is 14.5. The van der Waals surface area contributed by atoms with E-state index in [1.807, 2.05) is 20.2 Å². The van der Waals surface area contributed by atoms with Crippen LogP contribution in [0, 0.1) is 0 Å². The van der Waals surface area contributed by atoms with Crippen molar-refractivity contribution < 1.29 is 17.9 Å². The van der Waals surface area contributed by atoms with Crippen molar-refractivity contribution in [2.24, 2.45) is 0 Å². The number of hydrogen-bond donors (Lipinski definition) is 0. The normalized spacial score (nSPS) is 16.6. The zero-order chi connectivity index (χ0) is 25.9. The zero-order valence-corrected chi connectivity index (χ0v) is 22.9. The molecule has 1 saturated heterocycles. The van der Waals surface area contributed by atoms with Gasteiger partial charge in [0, 0.05) is 13.1 Å². The first kappa shape index (κ1) is 26.5. The van der Waals surface area contributed by atoms with Crippen LogP contribution in [0.4, 0.5) is 5.13 Å². The lowest BCUT2D eigenvalue weighted by Crippen LogP contribution is -2.48. The molecule has 1 aromatic heterocycles. The van der Waals surface area contributed by atoms with Crippen LogP contribution < -0.4 is 9.64 Å². The van der Waals surface area contributed by atoms with Crippen LogP contribution in [0.5, 0.6) is 5.75 Å². The number of carbonyl (C=O) groups excluding carboxylic acids is 1. The standard InChI is InChI=1S/C26H34N4O4S2/c1-5-19-9-14-22-24(18-19)35-26(27-22)29(16-7-15-28(2)3)25(31)23-8-6-17-30(23)36(32,33)21-12-10-20(34-4)11-13-21/h9-14,18,23H,5-8,15-17H2,1-4H3. The van der Waals surface area contributed by atoms with Crippen LogP contribution in [0.15, 0.2) is 47.4 Å². The average Bonchev–Trinajstić information content (AvgIpc) is 3.53. The Morgan fingerprint density at radius 1 is 1.17 bits per heavy atom. The minimum atomic E-state index is -3.84. The molecule has 1 aliphatic heterocycles. The van der Waals surface area contributed by atoms with Gasteiger partial charge < -0.3 is 9.64 Å². The summed E-state index contributed by atoms with van der Waals surface area (Å²) in [6.45, 7) is 3.71. The maximum Gasteiger partial charge on any atom is 0.247 e. The van der Waals surface area contributed by atoms with Crippen LogP contribution in [0.25, 0.3) is 10.2 Å². The molecule has 0 spiro atoms. The summed E-state index contributed by atoms with van der Waals surface area (Å²) in [6, 6.07) is 11.7. The number of hydrogen-bond acceptors (Lipinski definition) is 7. The van der Waals surface area contributed by atoms with Crippen LogP contribution >= 0.6 is 11.3 Å². The van der Waals surface area contributed by atoms with Crippen molar-refractivity contribution in [3.63, 3.8) is 0 Å². The largest absolute Gasteiger partial charge is 0.497 e. The van der Waals surface area contributed by atoms with E-state index in [-0.39, 0.29) is 10.8 Å². The number of thiazole rings is 1. The fraction of sp³-hybridized carbons (Fsp3) is 0.462. The van der Waals surface area contributed by atoms with E-state index in [1.54, 1.807) is 17.0 Å². The zero-order valence-electron chi connectivity index (χ0n) is 21.3. The highest BCUT2D eigenvalue weighted by atomic mass is 32.2. The molecule has 10 heteroatoms. The number of anilines is 1. The Morgan fingerprint density at radius 2 is 1.92 bits per heavy atom. The molecule has 0 bridgehead atoms. The van der Waals surface area contributed by atoms with E-state index in [4.69, 9.17) is 9.72 Å². The minimum absolute atomic E-state index is 0.161. The first-order valence-electron chi connectivity index (χ1n) is 12.3. The molecule has 2 aromatic carbocycles. The van der Waals surface area contributed by atoms with E-state index in [1.165, 1.54) is 40.4 Å². The van der Waals surface area contributed by atoms with Crippen LogP contribution in [0.3, 0.4) is 0 Å². The molecule has 1 aliphatic rings. The van der Waals surface area contributed by atoms with Gasteiger partial charge in [0.25, 0.3) is 0 Å². The molecule has 0 N–H and O–H groups in total. The van der Waals surface area contributed by atoms with Gasteiger partial charge in [-0.25, -0.2) is 13.4 Å². The topological polar surface area (TPSA) is 83.1 Å². The molecule has 0 radical (unpaired) electrons. The van der Waals surface area contributed by atoms with Gasteiger partial charge in [0.15, 0.2) is 5.13 Å². The van der Waals surface area contributed by atoms with Crippen LogP contribution in [0.2, 0.25) is 0 Å². The Kier molecular flexibility index (Phi) is 8.29. The Labute approximate surface area is 217 Å². The fourth-order valence-electron chi connectivity index (χ4n) is 4.48. The Morgan fingerprint density at radius 3 is 2.58 bits per heavy atom. The number of aromatic nitrogens is 1. The van der Waals surface area contributed by atoms with Gasteiger partial charge >= 0.3 is 0 Å². The molecule has 0 saturated carbocycles. The van der Waals surface area contributed by atoms with Crippen molar-refractivity contribution in [3.05, 3.63) is 48.0 Å². The van der Waals surface area contributed by atoms with Gasteiger partial charge in [0.05, 0.1) is 22.2 Å². The number of aryl methyl sites for hydroxylation is 1. The van der Waals surface area contributed by atoms with Gasteiger partial charge in [-0.1, -0.05) is 24.3 Å². The van der Waals surface area contributed by atoms with E-state index >= 15 is 0 Å². The third-order valence-electron chi connectivity index (χ3n) is 6.49. The lowest BCUT2D eigenvalue weighted by Gasteiger charge is -2.29. The summed E-state index contributed by atoms with van der Waals surface area (Å²) in [6.07, 6.45) is 2.81. The highest BCUT2D eigenvalue weighted by Crippen LogP contribution is 2.33. The molecule has 1 amide bonds. The Hall–Kier alpha value is -2.53. The number of rotatable bonds is 10. The quantitative estimate of drug-likeness (QED) is 0.394. The maximum atomic E-state index is 14.0. The van der Waals surface area contributed by atoms with E-state index in [2.05, 4.69) is 24.0 Å². The van der Waals surface area contributed by atoms with Gasteiger partial charge in [0.2, 0.25) is 15.9 Å². The number of amides is 1. The van der Waals surface area contributed by atoms with Crippen LogP contribution in [-0.4, -0.2) is 75.4 Å². The van der Waals surface area contributed by atoms with Crippen LogP contribution in [0.1, 0.15) is 31.7 Å². The van der Waals surface area contributed by atoms with Gasteiger partial charge in [-0.3, -0.25) is 9.69 Å². The predicted molar refractivity (Wildman–Crippen MR) is 144 cm³/mol. The number of benzene rings is 2. The molecule has 1 unspecified atom stereocenters. The first-order chi connectivity index (χ1) is 17.2. The van der Waals surface area contributed by atoms with Gasteiger partial charge in [-0.2, -0.15) is 4.31 Å². The van der Waals surface area contributed by atoms with Gasteiger partial charge in [0.1, 0.15) is 11.8 Å². The molecule has 36 heavy (non-hydrogen) atoms. The monoisotopic (exact) mass is 530 g/mol. The minimum Gasteiger partial charge on any atom is -0.497 e. The van der Waals surface area contributed by atoms with Crippen molar-refractivity contribution in [3.8, 4) is 5.75 Å². The summed E-state index contributed by atoms with van der Waals surface area (Å²) in [5, 5.41) is 0.621. The molecule has 0 aliphatic carbocycles. The van der Waals surface area contributed by atoms with Crippen molar-refractivity contribution in [1.29, 1.82) is 0 Å². The fourth-order valence-corrected chi connectivity index (χ4v) is 7.19. The second-order valence-corrected chi connectivity index (χ2v) is 12.1. The lowest BCUT2D eigenvalue weighted by atomic mass is 10.2. The summed E-state index contributed by atoms with van der Waals surface area (Å²) in [4.78, 5) is 22.7. The molecular weight excluding hydrogens is 496 g/mol. The summed E-state index contributed by atoms with van der Waals surface area (Å²) in [7, 11) is 1.69. The number of methoxy groups -OCH3 is 1. The number of fused-ring (bicyclic) bond motifs is 1. The smallest absolute Gasteiger partial charge is 0.247 e. The molecular formula is C26H34N4O4S2. The van der Waals surface area contributed by atoms with Crippen molar-refractivity contribution >= 4 is 42.6 Å². The second-order valence-electron chi connectivity index (χ2n) is 9.25.